The number of benzene rings is 1. The average molecular weight is 393 g/mol. The fourth-order valence-electron chi connectivity index (χ4n) is 4.23. The molecule has 2 aliphatic heterocycles. The van der Waals surface area contributed by atoms with E-state index in [1.165, 1.54) is 12.8 Å². The summed E-state index contributed by atoms with van der Waals surface area (Å²) in [6, 6.07) is 8.94. The molecule has 2 heterocycles. The van der Waals surface area contributed by atoms with Gasteiger partial charge in [0, 0.05) is 36.2 Å². The maximum Gasteiger partial charge on any atom is 0.237 e. The van der Waals surface area contributed by atoms with Crippen LogP contribution in [0.4, 0.5) is 0 Å². The second-order valence-corrected chi connectivity index (χ2v) is 8.85. The molecule has 3 rings (SSSR count). The van der Waals surface area contributed by atoms with E-state index in [9.17, 15) is 4.79 Å². The third-order valence-electron chi connectivity index (χ3n) is 5.60. The van der Waals surface area contributed by atoms with Gasteiger partial charge in [0.2, 0.25) is 5.91 Å². The van der Waals surface area contributed by atoms with E-state index in [0.717, 1.165) is 43.2 Å². The Morgan fingerprint density at radius 3 is 2.67 bits per heavy atom. The summed E-state index contributed by atoms with van der Waals surface area (Å²) in [5.74, 6) is 0.139. The predicted octanol–water partition coefficient (Wildman–Crippen LogP) is 2.49. The molecule has 1 aromatic carbocycles. The zero-order chi connectivity index (χ0) is 19.4. The van der Waals surface area contributed by atoms with Crippen LogP contribution >= 0.6 is 11.6 Å². The fraction of sp³-hybridized carbons (Fsp3) is 0.667. The number of carbonyl (C=O) groups excluding carboxylic acids is 1. The maximum absolute atomic E-state index is 12.8. The molecule has 0 spiro atoms. The molecule has 5 nitrogen and oxygen atoms in total. The number of hydrogen-bond donors (Lipinski definition) is 2. The Kier molecular flexibility index (Phi) is 7.15. The van der Waals surface area contributed by atoms with Crippen molar-refractivity contribution in [3.63, 3.8) is 0 Å². The minimum absolute atomic E-state index is 0.0878. The Hall–Kier alpha value is -1.14. The summed E-state index contributed by atoms with van der Waals surface area (Å²) in [5.41, 5.74) is 1.16. The largest absolute Gasteiger partial charge is 0.353 e. The highest BCUT2D eigenvalue weighted by atomic mass is 35.5. The van der Waals surface area contributed by atoms with Crippen molar-refractivity contribution in [1.82, 2.24) is 20.4 Å². The molecule has 27 heavy (non-hydrogen) atoms. The molecule has 1 aromatic rings. The zero-order valence-electron chi connectivity index (χ0n) is 16.7. The molecule has 1 amide bonds. The molecule has 2 fully saturated rings. The average Bonchev–Trinajstić information content (AvgIpc) is 2.99. The minimum atomic E-state index is -0.0878. The van der Waals surface area contributed by atoms with Gasteiger partial charge in [-0.3, -0.25) is 9.69 Å². The smallest absolute Gasteiger partial charge is 0.237 e. The molecule has 2 saturated heterocycles. The quantitative estimate of drug-likeness (QED) is 0.780. The second kappa shape index (κ2) is 9.37. The molecular weight excluding hydrogens is 360 g/mol. The van der Waals surface area contributed by atoms with E-state index in [0.29, 0.717) is 12.1 Å². The van der Waals surface area contributed by atoms with Gasteiger partial charge in [-0.2, -0.15) is 0 Å². The maximum atomic E-state index is 12.8. The third kappa shape index (κ3) is 5.92. The lowest BCUT2D eigenvalue weighted by atomic mass is 10.0. The van der Waals surface area contributed by atoms with Crippen molar-refractivity contribution in [3.05, 3.63) is 34.9 Å². The number of nitrogens with one attached hydrogen (secondary N) is 2. The summed E-state index contributed by atoms with van der Waals surface area (Å²) in [6.07, 6.45) is 3.24. The number of amides is 1. The van der Waals surface area contributed by atoms with Gasteiger partial charge in [-0.1, -0.05) is 23.7 Å². The van der Waals surface area contributed by atoms with E-state index >= 15 is 0 Å². The first-order chi connectivity index (χ1) is 12.9. The van der Waals surface area contributed by atoms with Crippen molar-refractivity contribution in [2.75, 3.05) is 26.7 Å². The summed E-state index contributed by atoms with van der Waals surface area (Å²) in [7, 11) is 2.19. The first kappa shape index (κ1) is 20.6. The molecule has 0 aromatic heterocycles. The van der Waals surface area contributed by atoms with E-state index in [1.807, 2.05) is 32.0 Å². The van der Waals surface area contributed by atoms with Gasteiger partial charge in [0.05, 0.1) is 6.04 Å². The molecule has 2 N–H and O–H groups in total. The van der Waals surface area contributed by atoms with Gasteiger partial charge in [-0.05, 0) is 70.9 Å². The van der Waals surface area contributed by atoms with Gasteiger partial charge < -0.3 is 15.5 Å². The molecule has 0 saturated carbocycles. The molecule has 0 radical (unpaired) electrons. The minimum Gasteiger partial charge on any atom is -0.353 e. The van der Waals surface area contributed by atoms with E-state index in [-0.39, 0.29) is 18.0 Å². The Balaban J connectivity index is 1.65. The first-order valence-corrected chi connectivity index (χ1v) is 10.5. The number of halogens is 1. The van der Waals surface area contributed by atoms with Crippen LogP contribution in [0.25, 0.3) is 0 Å². The predicted molar refractivity (Wildman–Crippen MR) is 111 cm³/mol. The Bertz CT molecular complexity index is 630. The number of likely N-dealkylation sites (tertiary alicyclic amines) is 2. The third-order valence-corrected chi connectivity index (χ3v) is 5.84. The lowest BCUT2D eigenvalue weighted by Crippen LogP contribution is -2.46. The van der Waals surface area contributed by atoms with E-state index in [2.05, 4.69) is 33.5 Å². The Labute approximate surface area is 168 Å². The van der Waals surface area contributed by atoms with Crippen LogP contribution in [0.5, 0.6) is 0 Å². The van der Waals surface area contributed by atoms with Crippen molar-refractivity contribution in [2.45, 2.75) is 63.8 Å². The van der Waals surface area contributed by atoms with Crippen molar-refractivity contribution in [2.24, 2.45) is 0 Å². The molecular formula is C21H33ClN4O. The van der Waals surface area contributed by atoms with Crippen LogP contribution in [-0.2, 0) is 11.3 Å². The Morgan fingerprint density at radius 1 is 1.26 bits per heavy atom. The standard InChI is InChI=1S/C21H33ClN4O/c1-15(2)23-21(27)20-12-19(24-18-7-9-25(3)10-8-18)14-26(20)13-16-5-4-6-17(22)11-16/h4-6,11,15,18-20,24H,7-10,12-14H2,1-3H3,(H,23,27)/t19-,20+/m1/s1. The Morgan fingerprint density at radius 2 is 2.00 bits per heavy atom. The zero-order valence-corrected chi connectivity index (χ0v) is 17.5. The van der Waals surface area contributed by atoms with Crippen LogP contribution in [0.1, 0.15) is 38.7 Å². The van der Waals surface area contributed by atoms with Crippen LogP contribution in [0.3, 0.4) is 0 Å². The van der Waals surface area contributed by atoms with Crippen LogP contribution in [0.15, 0.2) is 24.3 Å². The summed E-state index contributed by atoms with van der Waals surface area (Å²) in [4.78, 5) is 17.5. The SMILES string of the molecule is CC(C)NC(=O)[C@@H]1C[C@@H](NC2CCN(C)CC2)CN1Cc1cccc(Cl)c1. The van der Waals surface area contributed by atoms with E-state index in [1.54, 1.807) is 0 Å². The van der Waals surface area contributed by atoms with Crippen molar-refractivity contribution in [1.29, 1.82) is 0 Å². The topological polar surface area (TPSA) is 47.6 Å². The highest BCUT2D eigenvalue weighted by molar-refractivity contribution is 6.30. The molecule has 150 valence electrons. The molecule has 6 heteroatoms. The number of nitrogens with zero attached hydrogens (tertiary/aromatic N) is 2. The summed E-state index contributed by atoms with van der Waals surface area (Å²) < 4.78 is 0. The summed E-state index contributed by atoms with van der Waals surface area (Å²) in [5, 5.41) is 7.68. The van der Waals surface area contributed by atoms with Gasteiger partial charge >= 0.3 is 0 Å². The molecule has 0 unspecified atom stereocenters. The lowest BCUT2D eigenvalue weighted by molar-refractivity contribution is -0.126. The highest BCUT2D eigenvalue weighted by Gasteiger charge is 2.37. The highest BCUT2D eigenvalue weighted by Crippen LogP contribution is 2.24. The number of carbonyl (C=O) groups is 1. The van der Waals surface area contributed by atoms with Gasteiger partial charge in [0.25, 0.3) is 0 Å². The van der Waals surface area contributed by atoms with Crippen molar-refractivity contribution in [3.8, 4) is 0 Å². The van der Waals surface area contributed by atoms with Crippen molar-refractivity contribution >= 4 is 17.5 Å². The summed E-state index contributed by atoms with van der Waals surface area (Å²) in [6.45, 7) is 7.98. The first-order valence-electron chi connectivity index (χ1n) is 10.1. The van der Waals surface area contributed by atoms with Crippen LogP contribution in [0, 0.1) is 0 Å². The van der Waals surface area contributed by atoms with Gasteiger partial charge in [0.15, 0.2) is 0 Å². The molecule has 0 bridgehead atoms. The van der Waals surface area contributed by atoms with Crippen molar-refractivity contribution < 1.29 is 4.79 Å². The van der Waals surface area contributed by atoms with Crippen LogP contribution in [-0.4, -0.2) is 66.6 Å². The fourth-order valence-corrected chi connectivity index (χ4v) is 4.44. The second-order valence-electron chi connectivity index (χ2n) is 8.42. The monoisotopic (exact) mass is 392 g/mol. The number of piperidine rings is 1. The normalized spacial score (nSPS) is 25.2. The van der Waals surface area contributed by atoms with Crippen LogP contribution < -0.4 is 10.6 Å². The summed E-state index contributed by atoms with van der Waals surface area (Å²) >= 11 is 6.15. The lowest BCUT2D eigenvalue weighted by Gasteiger charge is -2.31. The molecule has 2 atom stereocenters. The van der Waals surface area contributed by atoms with Gasteiger partial charge in [-0.15, -0.1) is 0 Å². The van der Waals surface area contributed by atoms with Crippen LogP contribution in [0.2, 0.25) is 5.02 Å². The number of rotatable bonds is 6. The van der Waals surface area contributed by atoms with Gasteiger partial charge in [0.1, 0.15) is 0 Å². The molecule has 2 aliphatic rings. The number of hydrogen-bond acceptors (Lipinski definition) is 4. The van der Waals surface area contributed by atoms with E-state index in [4.69, 9.17) is 11.6 Å². The molecule has 0 aliphatic carbocycles. The van der Waals surface area contributed by atoms with Gasteiger partial charge in [-0.25, -0.2) is 0 Å². The van der Waals surface area contributed by atoms with E-state index < -0.39 is 0 Å².